The minimum atomic E-state index is -5.33. The summed E-state index contributed by atoms with van der Waals surface area (Å²) in [5, 5.41) is 0. The van der Waals surface area contributed by atoms with Crippen molar-refractivity contribution in [2.45, 2.75) is 0 Å². The van der Waals surface area contributed by atoms with Crippen LogP contribution in [0.1, 0.15) is 0 Å². The molecule has 416 valence electrons. The van der Waals surface area contributed by atoms with E-state index >= 15 is 0 Å². The van der Waals surface area contributed by atoms with Gasteiger partial charge in [-0.25, -0.2) is 0 Å². The molecule has 0 unspecified atom stereocenters. The van der Waals surface area contributed by atoms with Crippen LogP contribution in [0.5, 0.6) is 0 Å². The van der Waals surface area contributed by atoms with Gasteiger partial charge < -0.3 is 0 Å². The Bertz CT molecular complexity index is 883. The summed E-state index contributed by atoms with van der Waals surface area (Å²) >= 11 is 0. The van der Waals surface area contributed by atoms with Gasteiger partial charge in [-0.1, -0.05) is 0 Å². The normalized spacial score (nSPS) is 21.6. The average Bonchev–Trinajstić information content (AvgIpc) is 1.93. The van der Waals surface area contributed by atoms with Crippen LogP contribution in [-0.4, -0.2) is 0 Å². The van der Waals surface area contributed by atoms with E-state index in [1.54, 1.807) is 0 Å². The van der Waals surface area contributed by atoms with Crippen molar-refractivity contribution < 1.29 is 260 Å². The SMILES string of the molecule is [Cl][Ir-]([Cl])([Cl])([Cl])([Cl])[Cl].[Cl][Ir-]([Cl])([Cl])([Cl])([Cl])[Cl].[Cl][Ir-]([Cl])([Cl])([Cl])([Cl])[Cl].[Cl][Ir-]([Cl])([Cl])([Cl])([Cl])[Cl].[Cl][Ir-]([Cl])([Cl])([Cl])([Cl])[Cl].[Cl][Ir-]([Cl])([Cl])([Cl])([Cl])[Cl].[Cl][Ir-]([Cl])([Cl])([Cl])([Cl])[Cl].[Cl][Ir-]([Cl])([Cl])([Cl])([Cl])[Cl].[K+].[K+].[K+].[K+]. The molecule has 0 spiro atoms. The molecule has 0 fully saturated rings. The molecule has 0 rings (SSSR count). The minimum absolute atomic E-state index is 0. The molecule has 0 aromatic heterocycles. The zero-order valence-electron chi connectivity index (χ0n) is 24.8. The summed E-state index contributed by atoms with van der Waals surface area (Å²) < 4.78 is 0. The van der Waals surface area contributed by atoms with Crippen LogP contribution in [0.4, 0.5) is 0 Å². The van der Waals surface area contributed by atoms with Crippen LogP contribution in [0.2, 0.25) is 0 Å². The van der Waals surface area contributed by atoms with Gasteiger partial charge in [0.05, 0.1) is 0 Å². The molecular formula is Cl48Ir8K4-4. The first kappa shape index (κ1) is 113. The largest absolute Gasteiger partial charge is 1.00 e. The second-order valence-electron chi connectivity index (χ2n) is 5.71. The summed E-state index contributed by atoms with van der Waals surface area (Å²) in [5.41, 5.74) is 0. The Labute approximate surface area is 694 Å². The topological polar surface area (TPSA) is 0 Å². The summed E-state index contributed by atoms with van der Waals surface area (Å²) in [5.74, 6) is 0. The summed E-state index contributed by atoms with van der Waals surface area (Å²) in [6.07, 6.45) is 0. The minimum Gasteiger partial charge on any atom is 1.00 e. The smallest absolute Gasteiger partial charge is 1.00 e. The Hall–Kier alpha value is 25.7. The molecule has 0 aromatic carbocycles. The third-order valence-electron chi connectivity index (χ3n) is 0. The third kappa shape index (κ3) is 868. The Morgan fingerprint density at radius 2 is 0.0833 bits per heavy atom. The zero-order valence-corrected chi connectivity index (χ0v) is 92.7. The van der Waals surface area contributed by atoms with Gasteiger partial charge in [0.25, 0.3) is 0 Å². The molecule has 0 aliphatic carbocycles. The van der Waals surface area contributed by atoms with Crippen LogP contribution in [0.25, 0.3) is 0 Å². The molecule has 0 aliphatic rings. The summed E-state index contributed by atoms with van der Waals surface area (Å²) in [6.45, 7) is -42.7. The van der Waals surface area contributed by atoms with E-state index in [0.717, 1.165) is 0 Å². The average molecular weight is 3400 g/mol. The molecule has 0 saturated heterocycles. The van der Waals surface area contributed by atoms with E-state index < -0.39 is 54.5 Å². The van der Waals surface area contributed by atoms with E-state index in [0.29, 0.717) is 0 Å². The molecule has 0 amide bonds. The van der Waals surface area contributed by atoms with Crippen molar-refractivity contribution in [1.29, 1.82) is 0 Å². The fraction of sp³-hybridized carbons (Fsp3) is 0. The molecule has 60 heavy (non-hydrogen) atoms. The van der Waals surface area contributed by atoms with Gasteiger partial charge >= 0.3 is 720 Å². The Kier molecular flexibility index (Phi) is 52.7. The van der Waals surface area contributed by atoms with Gasteiger partial charge in [-0.05, 0) is 0 Å². The van der Waals surface area contributed by atoms with Crippen molar-refractivity contribution in [2.24, 2.45) is 0 Å². The van der Waals surface area contributed by atoms with Crippen LogP contribution in [-0.2, 0) is 54.5 Å². The molecule has 0 radical (unpaired) electrons. The summed E-state index contributed by atoms with van der Waals surface area (Å²) in [4.78, 5) is 0. The second kappa shape index (κ2) is 27.9. The van der Waals surface area contributed by atoms with Crippen molar-refractivity contribution in [3.63, 3.8) is 0 Å². The van der Waals surface area contributed by atoms with Crippen molar-refractivity contribution in [1.82, 2.24) is 0 Å². The van der Waals surface area contributed by atoms with Crippen LogP contribution in [0.3, 0.4) is 0 Å². The number of halogens is 48. The zero-order chi connectivity index (χ0) is 51.3. The van der Waals surface area contributed by atoms with Crippen molar-refractivity contribution in [2.75, 3.05) is 0 Å². The van der Waals surface area contributed by atoms with Crippen molar-refractivity contribution in [3.8, 4) is 0 Å². The molecule has 0 nitrogen and oxygen atoms in total. The third-order valence-corrected chi connectivity index (χ3v) is 0. The first-order chi connectivity index (χ1) is 19.6. The van der Waals surface area contributed by atoms with Crippen LogP contribution in [0, 0.1) is 0 Å². The standard InChI is InChI=1S/48ClH.8Ir.4K/h48*1H;;;;;;;;;;;;/q;;;;;;;;;;;;;;;;;;;;;;;;;;;;;;;;;;;;;;;;;;;;;;;;8*+5;4*+1/p-48. The Morgan fingerprint density at radius 1 is 0.0833 bits per heavy atom. The molecule has 0 bridgehead atoms. The second-order valence-corrected chi connectivity index (χ2v) is 421. The molecular weight excluding hydrogens is 3400 g/mol. The quantitative estimate of drug-likeness (QED) is 0.212. The first-order valence-electron chi connectivity index (χ1n) is 6.05. The van der Waals surface area contributed by atoms with Crippen LogP contribution < -0.4 is 206 Å². The van der Waals surface area contributed by atoms with Gasteiger partial charge in [-0.2, -0.15) is 0 Å². The van der Waals surface area contributed by atoms with E-state index in [2.05, 4.69) is 0 Å². The Morgan fingerprint density at radius 3 is 0.0833 bits per heavy atom. The van der Waals surface area contributed by atoms with Gasteiger partial charge in [-0.15, -0.1) is 0 Å². The molecule has 0 N–H and O–H groups in total. The maximum Gasteiger partial charge on any atom is 1.00 e. The molecule has 0 heterocycles. The predicted octanol–water partition coefficient (Wildman–Crippen LogP) is 21.1. The van der Waals surface area contributed by atoms with Crippen LogP contribution >= 0.6 is 460 Å². The van der Waals surface area contributed by atoms with E-state index in [1.165, 1.54) is 0 Å². The molecule has 0 atom stereocenters. The van der Waals surface area contributed by atoms with E-state index in [9.17, 15) is 0 Å². The fourth-order valence-electron chi connectivity index (χ4n) is 0. The Balaban J connectivity index is -0.0000000435. The summed E-state index contributed by atoms with van der Waals surface area (Å²) in [6, 6.07) is 0. The maximum atomic E-state index is 5.06. The fourth-order valence-corrected chi connectivity index (χ4v) is 0. The molecule has 0 aromatic rings. The van der Waals surface area contributed by atoms with E-state index in [4.69, 9.17) is 460 Å². The van der Waals surface area contributed by atoms with Gasteiger partial charge in [0, 0.05) is 0 Å². The van der Waals surface area contributed by atoms with Gasteiger partial charge in [0.2, 0.25) is 0 Å². The number of rotatable bonds is 0. The molecule has 0 saturated carbocycles. The van der Waals surface area contributed by atoms with Crippen molar-refractivity contribution in [3.05, 3.63) is 0 Å². The maximum absolute atomic E-state index is 5.33. The van der Waals surface area contributed by atoms with Crippen molar-refractivity contribution >= 4 is 460 Å². The van der Waals surface area contributed by atoms with Crippen LogP contribution in [0.15, 0.2) is 0 Å². The van der Waals surface area contributed by atoms with Gasteiger partial charge in [0.15, 0.2) is 0 Å². The van der Waals surface area contributed by atoms with Gasteiger partial charge in [0.1, 0.15) is 0 Å². The van der Waals surface area contributed by atoms with E-state index in [1.807, 2.05) is 0 Å². The molecule has 0 aliphatic heterocycles. The van der Waals surface area contributed by atoms with E-state index in [-0.39, 0.29) is 206 Å². The van der Waals surface area contributed by atoms with Gasteiger partial charge in [-0.3, -0.25) is 0 Å². The molecule has 60 heteroatoms. The first-order valence-corrected chi connectivity index (χ1v) is 149. The predicted molar refractivity (Wildman–Crippen MR) is 281 cm³/mol. The monoisotopic (exact) mass is 3380 g/mol. The number of hydrogen-bond acceptors (Lipinski definition) is 0. The summed E-state index contributed by atoms with van der Waals surface area (Å²) in [7, 11) is 243. The number of hydrogen-bond donors (Lipinski definition) is 0.